The fraction of sp³-hybridized carbons (Fsp3) is 0.0833. The van der Waals surface area contributed by atoms with Crippen LogP contribution in [-0.4, -0.2) is 15.9 Å². The van der Waals surface area contributed by atoms with Crippen LogP contribution in [-0.2, 0) is 11.2 Å². The molecule has 0 unspecified atom stereocenters. The minimum absolute atomic E-state index is 0.0105. The molecule has 0 aliphatic carbocycles. The molecule has 0 radical (unpaired) electrons. The van der Waals surface area contributed by atoms with Gasteiger partial charge in [-0.05, 0) is 17.7 Å². The number of aromatic nitrogens is 2. The van der Waals surface area contributed by atoms with Gasteiger partial charge in [-0.1, -0.05) is 29.3 Å². The third-order valence-corrected chi connectivity index (χ3v) is 2.94. The topological polar surface area (TPSA) is 54.9 Å². The van der Waals surface area contributed by atoms with Crippen LogP contribution in [0.25, 0.3) is 0 Å². The summed E-state index contributed by atoms with van der Waals surface area (Å²) in [4.78, 5) is 19.1. The van der Waals surface area contributed by atoms with Crippen molar-refractivity contribution in [3.05, 3.63) is 52.0 Å². The van der Waals surface area contributed by atoms with Gasteiger partial charge in [-0.15, -0.1) is 0 Å². The van der Waals surface area contributed by atoms with Crippen LogP contribution < -0.4 is 5.32 Å². The first-order chi connectivity index (χ1) is 9.47. The van der Waals surface area contributed by atoms with Gasteiger partial charge in [-0.2, -0.15) is 0 Å². The summed E-state index contributed by atoms with van der Waals surface area (Å²) in [5.41, 5.74) is 0.383. The maximum absolute atomic E-state index is 13.0. The minimum atomic E-state index is -1.02. The number of carbonyl (C=O) groups excluding carboxylic acids is 1. The second-order valence-corrected chi connectivity index (χ2v) is 4.52. The first-order valence-electron chi connectivity index (χ1n) is 5.37. The third kappa shape index (κ3) is 3.40. The molecule has 1 aromatic carbocycles. The second-order valence-electron chi connectivity index (χ2n) is 3.80. The maximum atomic E-state index is 13.0. The number of hydrogen-bond acceptors (Lipinski definition) is 3. The van der Waals surface area contributed by atoms with E-state index in [-0.39, 0.29) is 22.4 Å². The first-order valence-corrected chi connectivity index (χ1v) is 6.12. The molecule has 0 bridgehead atoms. The van der Waals surface area contributed by atoms with Crippen molar-refractivity contribution < 1.29 is 13.6 Å². The van der Waals surface area contributed by atoms with E-state index < -0.39 is 17.5 Å². The van der Waals surface area contributed by atoms with Crippen molar-refractivity contribution in [2.75, 3.05) is 5.32 Å². The standard InChI is InChI=1S/C12H7Cl2F2N3O/c13-11-10(12(14)18-5-17-11)19-9(20)4-6-1-2-7(15)8(16)3-6/h1-3,5H,4H2,(H,19,20). The van der Waals surface area contributed by atoms with Gasteiger partial charge in [-0.25, -0.2) is 18.7 Å². The number of anilines is 1. The number of carbonyl (C=O) groups is 1. The summed E-state index contributed by atoms with van der Waals surface area (Å²) in [6.45, 7) is 0. The molecular formula is C12H7Cl2F2N3O. The lowest BCUT2D eigenvalue weighted by Crippen LogP contribution is -2.15. The van der Waals surface area contributed by atoms with Crippen molar-refractivity contribution in [1.29, 1.82) is 0 Å². The molecule has 104 valence electrons. The van der Waals surface area contributed by atoms with E-state index in [1.807, 2.05) is 0 Å². The fourth-order valence-electron chi connectivity index (χ4n) is 1.47. The molecule has 20 heavy (non-hydrogen) atoms. The molecule has 2 rings (SSSR count). The van der Waals surface area contributed by atoms with E-state index in [1.54, 1.807) is 0 Å². The summed E-state index contributed by atoms with van der Waals surface area (Å²) in [6, 6.07) is 3.20. The Labute approximate surface area is 122 Å². The van der Waals surface area contributed by atoms with Crippen molar-refractivity contribution >= 4 is 34.8 Å². The van der Waals surface area contributed by atoms with Crippen molar-refractivity contribution in [3.63, 3.8) is 0 Å². The summed E-state index contributed by atoms with van der Waals surface area (Å²) in [5, 5.41) is 2.40. The highest BCUT2D eigenvalue weighted by Crippen LogP contribution is 2.25. The summed E-state index contributed by atoms with van der Waals surface area (Å²) < 4.78 is 25.8. The summed E-state index contributed by atoms with van der Waals surface area (Å²) in [5.74, 6) is -2.50. The summed E-state index contributed by atoms with van der Waals surface area (Å²) >= 11 is 11.5. The number of nitrogens with zero attached hydrogens (tertiary/aromatic N) is 2. The molecule has 0 aliphatic heterocycles. The summed E-state index contributed by atoms with van der Waals surface area (Å²) in [6.07, 6.45) is 0.981. The van der Waals surface area contributed by atoms with E-state index >= 15 is 0 Å². The molecule has 1 heterocycles. The highest BCUT2D eigenvalue weighted by Gasteiger charge is 2.13. The van der Waals surface area contributed by atoms with Crippen LogP contribution in [0.3, 0.4) is 0 Å². The lowest BCUT2D eigenvalue weighted by atomic mass is 10.1. The van der Waals surface area contributed by atoms with E-state index in [9.17, 15) is 13.6 Å². The van der Waals surface area contributed by atoms with Gasteiger partial charge in [0.05, 0.1) is 6.42 Å². The molecule has 1 amide bonds. The van der Waals surface area contributed by atoms with Gasteiger partial charge in [0.15, 0.2) is 21.9 Å². The van der Waals surface area contributed by atoms with Crippen LogP contribution in [0.15, 0.2) is 24.5 Å². The van der Waals surface area contributed by atoms with Crippen LogP contribution in [0.5, 0.6) is 0 Å². The molecular weight excluding hydrogens is 311 g/mol. The quantitative estimate of drug-likeness (QED) is 0.884. The van der Waals surface area contributed by atoms with Gasteiger partial charge < -0.3 is 5.32 Å². The average Bonchev–Trinajstić information content (AvgIpc) is 2.38. The number of rotatable bonds is 3. The van der Waals surface area contributed by atoms with Crippen LogP contribution in [0.4, 0.5) is 14.5 Å². The van der Waals surface area contributed by atoms with Crippen LogP contribution in [0.2, 0.25) is 10.3 Å². The number of hydrogen-bond donors (Lipinski definition) is 1. The van der Waals surface area contributed by atoms with Crippen LogP contribution >= 0.6 is 23.2 Å². The van der Waals surface area contributed by atoms with Gasteiger partial charge in [0.2, 0.25) is 5.91 Å². The molecule has 0 spiro atoms. The Kier molecular flexibility index (Phi) is 4.46. The zero-order valence-corrected chi connectivity index (χ0v) is 11.3. The Balaban J connectivity index is 2.11. The lowest BCUT2D eigenvalue weighted by molar-refractivity contribution is -0.115. The molecule has 0 fully saturated rings. The molecule has 0 saturated heterocycles. The second kappa shape index (κ2) is 6.11. The third-order valence-electron chi connectivity index (χ3n) is 2.37. The van der Waals surface area contributed by atoms with E-state index in [1.165, 1.54) is 6.07 Å². The molecule has 0 atom stereocenters. The van der Waals surface area contributed by atoms with Crippen molar-refractivity contribution in [3.8, 4) is 0 Å². The fourth-order valence-corrected chi connectivity index (χ4v) is 1.88. The number of halogens is 4. The van der Waals surface area contributed by atoms with Gasteiger partial charge in [-0.3, -0.25) is 4.79 Å². The van der Waals surface area contributed by atoms with Gasteiger partial charge in [0.25, 0.3) is 0 Å². The lowest BCUT2D eigenvalue weighted by Gasteiger charge is -2.07. The van der Waals surface area contributed by atoms with E-state index in [0.717, 1.165) is 18.5 Å². The monoisotopic (exact) mass is 317 g/mol. The Morgan fingerprint density at radius 1 is 1.15 bits per heavy atom. The number of amides is 1. The number of benzene rings is 1. The van der Waals surface area contributed by atoms with Gasteiger partial charge >= 0.3 is 0 Å². The highest BCUT2D eigenvalue weighted by molar-refractivity contribution is 6.38. The summed E-state index contributed by atoms with van der Waals surface area (Å²) in [7, 11) is 0. The largest absolute Gasteiger partial charge is 0.321 e. The first kappa shape index (κ1) is 14.6. The highest BCUT2D eigenvalue weighted by atomic mass is 35.5. The molecule has 2 aromatic rings. The van der Waals surface area contributed by atoms with E-state index in [0.29, 0.717) is 5.56 Å². The predicted octanol–water partition coefficient (Wildman–Crippen LogP) is 3.24. The zero-order valence-electron chi connectivity index (χ0n) is 9.83. The van der Waals surface area contributed by atoms with Crippen LogP contribution in [0, 0.1) is 11.6 Å². The van der Waals surface area contributed by atoms with Crippen molar-refractivity contribution in [2.45, 2.75) is 6.42 Å². The van der Waals surface area contributed by atoms with E-state index in [4.69, 9.17) is 23.2 Å². The Bertz CT molecular complexity index is 647. The smallest absolute Gasteiger partial charge is 0.228 e. The maximum Gasteiger partial charge on any atom is 0.228 e. The Morgan fingerprint density at radius 3 is 2.40 bits per heavy atom. The molecule has 4 nitrogen and oxygen atoms in total. The predicted molar refractivity (Wildman–Crippen MR) is 70.7 cm³/mol. The minimum Gasteiger partial charge on any atom is -0.321 e. The van der Waals surface area contributed by atoms with Crippen molar-refractivity contribution in [1.82, 2.24) is 9.97 Å². The average molecular weight is 318 g/mol. The van der Waals surface area contributed by atoms with Gasteiger partial charge in [0.1, 0.15) is 12.0 Å². The molecule has 0 saturated carbocycles. The Morgan fingerprint density at radius 2 is 1.80 bits per heavy atom. The van der Waals surface area contributed by atoms with Crippen molar-refractivity contribution in [2.24, 2.45) is 0 Å². The molecule has 0 aliphatic rings. The van der Waals surface area contributed by atoms with Crippen LogP contribution in [0.1, 0.15) is 5.56 Å². The zero-order chi connectivity index (χ0) is 14.7. The van der Waals surface area contributed by atoms with Gasteiger partial charge in [0, 0.05) is 0 Å². The normalized spacial score (nSPS) is 10.4. The van der Waals surface area contributed by atoms with E-state index in [2.05, 4.69) is 15.3 Å². The molecule has 1 N–H and O–H groups in total. The molecule has 1 aromatic heterocycles. The number of nitrogens with one attached hydrogen (secondary N) is 1. The SMILES string of the molecule is O=C(Cc1ccc(F)c(F)c1)Nc1c(Cl)ncnc1Cl. The Hall–Kier alpha value is -1.79. The molecule has 8 heteroatoms.